The second-order valence-corrected chi connectivity index (χ2v) is 7.89. The van der Waals surface area contributed by atoms with Gasteiger partial charge in [0.05, 0.1) is 0 Å². The van der Waals surface area contributed by atoms with Crippen molar-refractivity contribution in [1.29, 1.82) is 0 Å². The van der Waals surface area contributed by atoms with E-state index in [0.717, 1.165) is 11.8 Å². The summed E-state index contributed by atoms with van der Waals surface area (Å²) in [7, 11) is 0. The molecular weight excluding hydrogens is 238 g/mol. The van der Waals surface area contributed by atoms with Crippen molar-refractivity contribution >= 4 is 11.3 Å². The van der Waals surface area contributed by atoms with Crippen LogP contribution in [0.1, 0.15) is 62.8 Å². The van der Waals surface area contributed by atoms with E-state index >= 15 is 0 Å². The number of hydrogen-bond acceptors (Lipinski definition) is 2. The van der Waals surface area contributed by atoms with E-state index in [4.69, 9.17) is 0 Å². The first-order chi connectivity index (χ1) is 8.46. The van der Waals surface area contributed by atoms with Gasteiger partial charge in [-0.05, 0) is 75.9 Å². The first-order valence-corrected chi connectivity index (χ1v) is 8.14. The van der Waals surface area contributed by atoms with Crippen molar-refractivity contribution in [1.82, 2.24) is 5.32 Å². The van der Waals surface area contributed by atoms with Crippen LogP contribution in [-0.2, 0) is 0 Å². The summed E-state index contributed by atoms with van der Waals surface area (Å²) in [5.74, 6) is 1.62. The number of hydrogen-bond donors (Lipinski definition) is 1. The van der Waals surface area contributed by atoms with E-state index in [9.17, 15) is 0 Å². The third-order valence-electron chi connectivity index (χ3n) is 3.98. The van der Waals surface area contributed by atoms with E-state index in [1.165, 1.54) is 37.1 Å². The quantitative estimate of drug-likeness (QED) is 0.834. The van der Waals surface area contributed by atoms with Crippen LogP contribution in [0.4, 0.5) is 0 Å². The molecule has 0 bridgehead atoms. The van der Waals surface area contributed by atoms with Gasteiger partial charge in [-0.1, -0.05) is 12.8 Å². The first kappa shape index (κ1) is 14.1. The molecule has 1 aliphatic carbocycles. The zero-order valence-corrected chi connectivity index (χ0v) is 13.1. The Morgan fingerprint density at radius 3 is 2.61 bits per heavy atom. The Kier molecular flexibility index (Phi) is 4.50. The van der Waals surface area contributed by atoms with E-state index in [-0.39, 0.29) is 5.54 Å². The van der Waals surface area contributed by atoms with Crippen LogP contribution < -0.4 is 5.32 Å². The number of nitrogens with one attached hydrogen (secondary N) is 1. The minimum Gasteiger partial charge on any atom is -0.312 e. The van der Waals surface area contributed by atoms with Gasteiger partial charge in [0.25, 0.3) is 0 Å². The summed E-state index contributed by atoms with van der Waals surface area (Å²) in [4.78, 5) is 1.46. The maximum Gasteiger partial charge on any atom is 0.00966 e. The van der Waals surface area contributed by atoms with Gasteiger partial charge in [0.2, 0.25) is 0 Å². The lowest BCUT2D eigenvalue weighted by atomic mass is 9.76. The molecule has 0 radical (unpaired) electrons. The summed E-state index contributed by atoms with van der Waals surface area (Å²) in [6.07, 6.45) is 5.59. The predicted octanol–water partition coefficient (Wildman–Crippen LogP) is 4.72. The lowest BCUT2D eigenvalue weighted by Gasteiger charge is -2.34. The molecule has 0 saturated heterocycles. The normalized spacial score (nSPS) is 25.3. The van der Waals surface area contributed by atoms with Crippen LogP contribution in [0.2, 0.25) is 0 Å². The highest BCUT2D eigenvalue weighted by Gasteiger charge is 2.27. The Labute approximate surface area is 116 Å². The summed E-state index contributed by atoms with van der Waals surface area (Å²) < 4.78 is 0. The minimum absolute atomic E-state index is 0.243. The van der Waals surface area contributed by atoms with Gasteiger partial charge in [0.1, 0.15) is 0 Å². The second kappa shape index (κ2) is 5.75. The molecule has 1 heterocycles. The zero-order chi connectivity index (χ0) is 13.2. The van der Waals surface area contributed by atoms with E-state index in [1.807, 2.05) is 11.3 Å². The number of rotatable bonds is 3. The third-order valence-corrected chi connectivity index (χ3v) is 4.86. The van der Waals surface area contributed by atoms with Crippen molar-refractivity contribution < 1.29 is 0 Å². The summed E-state index contributed by atoms with van der Waals surface area (Å²) in [6.45, 7) is 10.2. The Hall–Kier alpha value is -0.340. The molecule has 1 fully saturated rings. The monoisotopic (exact) mass is 265 g/mol. The fourth-order valence-corrected chi connectivity index (χ4v) is 3.76. The number of thiophene rings is 1. The molecule has 0 amide bonds. The molecule has 2 unspecified atom stereocenters. The second-order valence-electron chi connectivity index (χ2n) is 6.77. The first-order valence-electron chi connectivity index (χ1n) is 7.26. The van der Waals surface area contributed by atoms with Crippen LogP contribution in [0.25, 0.3) is 0 Å². The highest BCUT2D eigenvalue weighted by atomic mass is 32.1. The predicted molar refractivity (Wildman–Crippen MR) is 81.5 cm³/mol. The number of aryl methyl sites for hydroxylation is 1. The Morgan fingerprint density at radius 1 is 1.28 bits per heavy atom. The molecule has 1 aromatic heterocycles. The molecule has 1 saturated carbocycles. The SMILES string of the molecule is Cc1cc(C2CCCCC2CNC(C)(C)C)cs1. The molecule has 0 aromatic carbocycles. The van der Waals surface area contributed by atoms with E-state index in [2.05, 4.69) is 44.5 Å². The van der Waals surface area contributed by atoms with Crippen LogP contribution in [-0.4, -0.2) is 12.1 Å². The summed E-state index contributed by atoms with van der Waals surface area (Å²) in [5, 5.41) is 6.09. The average molecular weight is 265 g/mol. The van der Waals surface area contributed by atoms with Gasteiger partial charge in [0, 0.05) is 10.4 Å². The molecule has 2 heteroatoms. The summed E-state index contributed by atoms with van der Waals surface area (Å²) in [6, 6.07) is 2.41. The summed E-state index contributed by atoms with van der Waals surface area (Å²) in [5.41, 5.74) is 1.84. The van der Waals surface area contributed by atoms with Crippen LogP contribution >= 0.6 is 11.3 Å². The summed E-state index contributed by atoms with van der Waals surface area (Å²) >= 11 is 1.90. The van der Waals surface area contributed by atoms with Crippen molar-refractivity contribution in [2.75, 3.05) is 6.54 Å². The highest BCUT2D eigenvalue weighted by molar-refractivity contribution is 7.10. The largest absolute Gasteiger partial charge is 0.312 e. The lowest BCUT2D eigenvalue weighted by molar-refractivity contribution is 0.270. The molecule has 1 nitrogen and oxygen atoms in total. The Balaban J connectivity index is 2.02. The standard InChI is InChI=1S/C16H27NS/c1-12-9-14(11-18-12)15-8-6-5-7-13(15)10-17-16(2,3)4/h9,11,13,15,17H,5-8,10H2,1-4H3. The molecule has 2 atom stereocenters. The van der Waals surface area contributed by atoms with Gasteiger partial charge in [0.15, 0.2) is 0 Å². The van der Waals surface area contributed by atoms with Gasteiger partial charge >= 0.3 is 0 Å². The highest BCUT2D eigenvalue weighted by Crippen LogP contribution is 2.39. The van der Waals surface area contributed by atoms with Crippen LogP contribution in [0.5, 0.6) is 0 Å². The van der Waals surface area contributed by atoms with Crippen molar-refractivity contribution in [3.05, 3.63) is 21.9 Å². The molecular formula is C16H27NS. The van der Waals surface area contributed by atoms with Crippen molar-refractivity contribution in [2.45, 2.75) is 64.8 Å². The average Bonchev–Trinajstić information content (AvgIpc) is 2.72. The molecule has 18 heavy (non-hydrogen) atoms. The molecule has 1 aliphatic rings. The fraction of sp³-hybridized carbons (Fsp3) is 0.750. The van der Waals surface area contributed by atoms with Gasteiger partial charge in [-0.25, -0.2) is 0 Å². The van der Waals surface area contributed by atoms with E-state index in [1.54, 1.807) is 5.56 Å². The van der Waals surface area contributed by atoms with E-state index in [0.29, 0.717) is 0 Å². The fourth-order valence-electron chi connectivity index (χ4n) is 2.99. The molecule has 0 aliphatic heterocycles. The van der Waals surface area contributed by atoms with Crippen molar-refractivity contribution in [3.8, 4) is 0 Å². The molecule has 102 valence electrons. The Morgan fingerprint density at radius 2 is 2.00 bits per heavy atom. The Bertz CT molecular complexity index is 375. The van der Waals surface area contributed by atoms with Gasteiger partial charge in [-0.15, -0.1) is 11.3 Å². The van der Waals surface area contributed by atoms with Crippen LogP contribution in [0, 0.1) is 12.8 Å². The van der Waals surface area contributed by atoms with Gasteiger partial charge < -0.3 is 5.32 Å². The third kappa shape index (κ3) is 3.83. The lowest BCUT2D eigenvalue weighted by Crippen LogP contribution is -2.41. The maximum atomic E-state index is 3.70. The molecule has 2 rings (SSSR count). The zero-order valence-electron chi connectivity index (χ0n) is 12.3. The van der Waals surface area contributed by atoms with Crippen molar-refractivity contribution in [3.63, 3.8) is 0 Å². The smallest absolute Gasteiger partial charge is 0.00966 e. The van der Waals surface area contributed by atoms with Gasteiger partial charge in [-0.2, -0.15) is 0 Å². The van der Waals surface area contributed by atoms with Crippen LogP contribution in [0.3, 0.4) is 0 Å². The molecule has 0 spiro atoms. The van der Waals surface area contributed by atoms with Gasteiger partial charge in [-0.3, -0.25) is 0 Å². The molecule has 1 N–H and O–H groups in total. The van der Waals surface area contributed by atoms with Crippen molar-refractivity contribution in [2.24, 2.45) is 5.92 Å². The maximum absolute atomic E-state index is 3.70. The molecule has 1 aromatic rings. The van der Waals surface area contributed by atoms with E-state index < -0.39 is 0 Å². The van der Waals surface area contributed by atoms with Crippen LogP contribution in [0.15, 0.2) is 11.4 Å². The topological polar surface area (TPSA) is 12.0 Å². The minimum atomic E-state index is 0.243.